The smallest absolute Gasteiger partial charge is 0.330 e. The average molecular weight is 254 g/mol. The summed E-state index contributed by atoms with van der Waals surface area (Å²) in [4.78, 5) is 10.1. The number of carbonyl (C=O) groups excluding carboxylic acids is 1. The number of allylic oxidation sites excluding steroid dienone is 5. The lowest BCUT2D eigenvalue weighted by molar-refractivity contribution is -0.134. The monoisotopic (exact) mass is 254 g/mol. The van der Waals surface area contributed by atoms with Crippen molar-refractivity contribution < 1.29 is 9.53 Å². The first-order chi connectivity index (χ1) is 8.55. The summed E-state index contributed by atoms with van der Waals surface area (Å²) in [7, 11) is 1.35. The summed E-state index contributed by atoms with van der Waals surface area (Å²) in [6.45, 7) is 16.6. The molecule has 0 N–H and O–H groups in total. The molecule has 0 saturated carbocycles. The molecule has 0 atom stereocenters. The Morgan fingerprint density at radius 1 is 1.06 bits per heavy atom. The van der Waals surface area contributed by atoms with E-state index in [0.717, 1.165) is 6.42 Å². The van der Waals surface area contributed by atoms with Crippen LogP contribution in [-0.2, 0) is 9.53 Å². The maximum absolute atomic E-state index is 10.1. The lowest BCUT2D eigenvalue weighted by atomic mass is 10.5. The highest BCUT2D eigenvalue weighted by Crippen LogP contribution is 1.73. The molecule has 0 aromatic carbocycles. The van der Waals surface area contributed by atoms with Crippen LogP contribution in [-0.4, -0.2) is 13.1 Å². The summed E-state index contributed by atoms with van der Waals surface area (Å²) in [6, 6.07) is 0. The van der Waals surface area contributed by atoms with E-state index in [2.05, 4.69) is 24.8 Å². The molecule has 0 rings (SSSR count). The topological polar surface area (TPSA) is 26.3 Å². The lowest BCUT2D eigenvalue weighted by Crippen LogP contribution is -1.92. The predicted octanol–water partition coefficient (Wildman–Crippen LogP) is 5.09. The van der Waals surface area contributed by atoms with Gasteiger partial charge in [0.25, 0.3) is 0 Å². The fourth-order valence-electron chi connectivity index (χ4n) is 0.204. The molecule has 0 amide bonds. The van der Waals surface area contributed by atoms with E-state index < -0.39 is 0 Å². The number of ether oxygens (including phenoxy) is 1. The Balaban J connectivity index is -0.0000000775. The summed E-state index contributed by atoms with van der Waals surface area (Å²) in [5.41, 5.74) is 0. The fraction of sp³-hybridized carbons (Fsp3) is 0.438. The van der Waals surface area contributed by atoms with E-state index in [-0.39, 0.29) is 5.97 Å². The summed E-state index contributed by atoms with van der Waals surface area (Å²) < 4.78 is 4.26. The number of carbonyl (C=O) groups is 1. The molecule has 0 fully saturated rings. The van der Waals surface area contributed by atoms with Crippen LogP contribution in [0, 0.1) is 0 Å². The Morgan fingerprint density at radius 2 is 1.39 bits per heavy atom. The van der Waals surface area contributed by atoms with E-state index in [1.165, 1.54) is 13.2 Å². The van der Waals surface area contributed by atoms with Gasteiger partial charge >= 0.3 is 5.97 Å². The standard InChI is InChI=1S/C5H8O2.2C4H8.C3H6/c1-3-4-5(6)7-2;2*1-3-4-2;1-3-2/h3-4H,1-2H3;3-4H,1-2H3;3H,1,4H2,2H3;3H,1H2,2H3. The molecule has 0 saturated heterocycles. The number of hydrogen-bond donors (Lipinski definition) is 0. The minimum Gasteiger partial charge on any atom is -0.466 e. The zero-order chi connectivity index (χ0) is 15.2. The Kier molecular flexibility index (Phi) is 50.8. The van der Waals surface area contributed by atoms with Crippen LogP contribution in [0.25, 0.3) is 0 Å². The van der Waals surface area contributed by atoms with E-state index in [0.29, 0.717) is 0 Å². The molecule has 2 heteroatoms. The number of hydrogen-bond acceptors (Lipinski definition) is 2. The molecule has 0 unspecified atom stereocenters. The zero-order valence-corrected chi connectivity index (χ0v) is 12.9. The molecule has 0 aromatic rings. The van der Waals surface area contributed by atoms with Gasteiger partial charge < -0.3 is 4.74 Å². The van der Waals surface area contributed by atoms with Gasteiger partial charge in [0, 0.05) is 6.08 Å². The average Bonchev–Trinajstić information content (AvgIpc) is 2.40. The summed E-state index contributed by atoms with van der Waals surface area (Å²) >= 11 is 0. The van der Waals surface area contributed by atoms with Crippen LogP contribution in [0.5, 0.6) is 0 Å². The van der Waals surface area contributed by atoms with Gasteiger partial charge in [-0.2, -0.15) is 0 Å². The van der Waals surface area contributed by atoms with Crippen LogP contribution in [0.2, 0.25) is 0 Å². The van der Waals surface area contributed by atoms with E-state index >= 15 is 0 Å². The van der Waals surface area contributed by atoms with Crippen molar-refractivity contribution in [1.29, 1.82) is 0 Å². The third-order valence-corrected chi connectivity index (χ3v) is 1.13. The van der Waals surface area contributed by atoms with Gasteiger partial charge in [-0.1, -0.05) is 37.3 Å². The highest BCUT2D eigenvalue weighted by molar-refractivity contribution is 5.81. The number of methoxy groups -OCH3 is 1. The zero-order valence-electron chi connectivity index (χ0n) is 12.9. The quantitative estimate of drug-likeness (QED) is 0.389. The van der Waals surface area contributed by atoms with E-state index in [4.69, 9.17) is 0 Å². The normalized spacial score (nSPS) is 7.89. The van der Waals surface area contributed by atoms with Crippen molar-refractivity contribution in [1.82, 2.24) is 0 Å². The first-order valence-electron chi connectivity index (χ1n) is 6.01. The molecule has 0 aliphatic heterocycles. The minimum absolute atomic E-state index is 0.303. The van der Waals surface area contributed by atoms with Crippen LogP contribution in [0.3, 0.4) is 0 Å². The molecular formula is C16H30O2. The van der Waals surface area contributed by atoms with Crippen molar-refractivity contribution in [2.75, 3.05) is 7.11 Å². The molecular weight excluding hydrogens is 224 g/mol. The van der Waals surface area contributed by atoms with Crippen molar-refractivity contribution >= 4 is 5.97 Å². The predicted molar refractivity (Wildman–Crippen MR) is 83.7 cm³/mol. The fourth-order valence-corrected chi connectivity index (χ4v) is 0.204. The molecule has 106 valence electrons. The van der Waals surface area contributed by atoms with E-state index in [1.807, 2.05) is 39.0 Å². The molecule has 0 bridgehead atoms. The van der Waals surface area contributed by atoms with Gasteiger partial charge in [-0.15, -0.1) is 13.2 Å². The Morgan fingerprint density at radius 3 is 1.44 bits per heavy atom. The van der Waals surface area contributed by atoms with Crippen molar-refractivity contribution in [2.45, 2.75) is 41.0 Å². The molecule has 0 aliphatic carbocycles. The molecule has 0 aliphatic rings. The lowest BCUT2D eigenvalue weighted by Gasteiger charge is -1.84. The number of rotatable bonds is 2. The van der Waals surface area contributed by atoms with Gasteiger partial charge in [-0.25, -0.2) is 4.79 Å². The van der Waals surface area contributed by atoms with Crippen LogP contribution < -0.4 is 0 Å². The van der Waals surface area contributed by atoms with Crippen LogP contribution >= 0.6 is 0 Å². The summed E-state index contributed by atoms with van der Waals surface area (Å²) in [5, 5.41) is 0. The van der Waals surface area contributed by atoms with Crippen LogP contribution in [0.4, 0.5) is 0 Å². The van der Waals surface area contributed by atoms with Crippen LogP contribution in [0.1, 0.15) is 41.0 Å². The highest BCUT2D eigenvalue weighted by atomic mass is 16.5. The first kappa shape index (κ1) is 25.3. The molecule has 0 aromatic heterocycles. The second-order valence-electron chi connectivity index (χ2n) is 2.79. The Labute approximate surface area is 114 Å². The first-order valence-corrected chi connectivity index (χ1v) is 6.01. The summed E-state index contributed by atoms with van der Waals surface area (Å²) in [5.74, 6) is -0.303. The molecule has 0 radical (unpaired) electrons. The van der Waals surface area contributed by atoms with Gasteiger partial charge in [-0.3, -0.25) is 0 Å². The second-order valence-corrected chi connectivity index (χ2v) is 2.79. The van der Waals surface area contributed by atoms with Crippen molar-refractivity contribution in [3.8, 4) is 0 Å². The molecule has 18 heavy (non-hydrogen) atoms. The van der Waals surface area contributed by atoms with Crippen molar-refractivity contribution in [2.24, 2.45) is 0 Å². The second kappa shape index (κ2) is 36.1. The highest BCUT2D eigenvalue weighted by Gasteiger charge is 1.84. The van der Waals surface area contributed by atoms with Gasteiger partial charge in [0.2, 0.25) is 0 Å². The third kappa shape index (κ3) is 88.3. The maximum Gasteiger partial charge on any atom is 0.330 e. The number of esters is 1. The molecule has 2 nitrogen and oxygen atoms in total. The molecule has 0 spiro atoms. The Hall–Kier alpha value is -1.57. The molecule has 0 heterocycles. The van der Waals surface area contributed by atoms with Crippen molar-refractivity contribution in [3.63, 3.8) is 0 Å². The van der Waals surface area contributed by atoms with Gasteiger partial charge in [0.15, 0.2) is 0 Å². The van der Waals surface area contributed by atoms with Crippen molar-refractivity contribution in [3.05, 3.63) is 49.6 Å². The van der Waals surface area contributed by atoms with E-state index in [9.17, 15) is 4.79 Å². The van der Waals surface area contributed by atoms with Gasteiger partial charge in [-0.05, 0) is 34.1 Å². The van der Waals surface area contributed by atoms with Gasteiger partial charge in [0.05, 0.1) is 7.11 Å². The SMILES string of the molecule is C=CC.C=CCC.CC=CC.CC=CC(=O)OC. The van der Waals surface area contributed by atoms with Crippen LogP contribution in [0.15, 0.2) is 49.6 Å². The Bertz CT molecular complexity index is 209. The maximum atomic E-state index is 10.1. The minimum atomic E-state index is -0.303. The third-order valence-electron chi connectivity index (χ3n) is 1.13. The van der Waals surface area contributed by atoms with E-state index in [1.54, 1.807) is 19.1 Å². The summed E-state index contributed by atoms with van der Waals surface area (Å²) in [6.07, 6.45) is 11.7. The van der Waals surface area contributed by atoms with Gasteiger partial charge in [0.1, 0.15) is 0 Å². The largest absolute Gasteiger partial charge is 0.466 e.